The lowest BCUT2D eigenvalue weighted by atomic mass is 9.71. The van der Waals surface area contributed by atoms with Gasteiger partial charge in [-0.15, -0.1) is 0 Å². The van der Waals surface area contributed by atoms with Crippen molar-refractivity contribution in [3.8, 4) is 11.1 Å². The molecule has 4 rings (SSSR count). The van der Waals surface area contributed by atoms with E-state index in [0.29, 0.717) is 31.8 Å². The van der Waals surface area contributed by atoms with Gasteiger partial charge in [-0.3, -0.25) is 9.59 Å². The fourth-order valence-electron chi connectivity index (χ4n) is 5.89. The van der Waals surface area contributed by atoms with Gasteiger partial charge in [0.15, 0.2) is 0 Å². The summed E-state index contributed by atoms with van der Waals surface area (Å²) in [4.78, 5) is 30.2. The van der Waals surface area contributed by atoms with Crippen molar-refractivity contribution in [2.45, 2.75) is 58.3 Å². The number of rotatable bonds is 6. The number of carbonyl (C=O) groups excluding carboxylic acids is 2. The molecule has 0 atom stereocenters. The fourth-order valence-corrected chi connectivity index (χ4v) is 5.89. The summed E-state index contributed by atoms with van der Waals surface area (Å²) >= 11 is 0. The van der Waals surface area contributed by atoms with Crippen molar-refractivity contribution < 1.29 is 9.59 Å². The summed E-state index contributed by atoms with van der Waals surface area (Å²) in [5, 5.41) is 0. The molecule has 2 aromatic rings. The highest BCUT2D eigenvalue weighted by molar-refractivity contribution is 5.84. The maximum Gasteiger partial charge on any atom is 0.228 e. The second-order valence-corrected chi connectivity index (χ2v) is 10.4. The van der Waals surface area contributed by atoms with Crippen LogP contribution in [0.5, 0.6) is 0 Å². The van der Waals surface area contributed by atoms with Gasteiger partial charge in [-0.2, -0.15) is 0 Å². The molecule has 0 spiro atoms. The summed E-state index contributed by atoms with van der Waals surface area (Å²) in [5.41, 5.74) is 4.43. The highest BCUT2D eigenvalue weighted by atomic mass is 16.2. The van der Waals surface area contributed by atoms with Crippen LogP contribution in [0.15, 0.2) is 48.5 Å². The van der Waals surface area contributed by atoms with Gasteiger partial charge < -0.3 is 9.80 Å². The van der Waals surface area contributed by atoms with Gasteiger partial charge in [0, 0.05) is 33.6 Å². The molecule has 33 heavy (non-hydrogen) atoms. The van der Waals surface area contributed by atoms with E-state index in [1.54, 1.807) is 4.90 Å². The highest BCUT2D eigenvalue weighted by Gasteiger charge is 2.43. The molecule has 2 aromatic carbocycles. The summed E-state index contributed by atoms with van der Waals surface area (Å²) in [6, 6.07) is 16.9. The van der Waals surface area contributed by atoms with Gasteiger partial charge in [0.1, 0.15) is 0 Å². The van der Waals surface area contributed by atoms with Crippen LogP contribution in [0.25, 0.3) is 11.1 Å². The molecule has 0 N–H and O–H groups in total. The minimum atomic E-state index is -0.466. The van der Waals surface area contributed by atoms with E-state index in [4.69, 9.17) is 0 Å². The number of benzene rings is 2. The number of nitrogens with zero attached hydrogens (tertiary/aromatic N) is 2. The van der Waals surface area contributed by atoms with E-state index in [1.807, 2.05) is 19.0 Å². The van der Waals surface area contributed by atoms with Crippen molar-refractivity contribution in [2.75, 3.05) is 27.2 Å². The molecule has 0 aromatic heterocycles. The van der Waals surface area contributed by atoms with E-state index in [2.05, 4.69) is 55.5 Å². The Kier molecular flexibility index (Phi) is 7.21. The van der Waals surface area contributed by atoms with Crippen LogP contribution in [0.1, 0.15) is 56.1 Å². The van der Waals surface area contributed by atoms with Crippen LogP contribution in [-0.4, -0.2) is 48.8 Å². The monoisotopic (exact) mass is 446 g/mol. The Morgan fingerprint density at radius 1 is 0.939 bits per heavy atom. The van der Waals surface area contributed by atoms with Crippen LogP contribution in [0.3, 0.4) is 0 Å². The van der Waals surface area contributed by atoms with Crippen molar-refractivity contribution in [1.29, 1.82) is 0 Å². The van der Waals surface area contributed by atoms with Gasteiger partial charge in [0.25, 0.3) is 0 Å². The van der Waals surface area contributed by atoms with Crippen LogP contribution < -0.4 is 0 Å². The summed E-state index contributed by atoms with van der Waals surface area (Å²) in [6.07, 6.45) is 7.75. The van der Waals surface area contributed by atoms with Crippen molar-refractivity contribution in [2.24, 2.45) is 11.3 Å². The van der Waals surface area contributed by atoms with Crippen LogP contribution in [-0.2, 0) is 16.0 Å². The van der Waals surface area contributed by atoms with Crippen LogP contribution in [0.2, 0.25) is 0 Å². The standard InChI is InChI=1S/C29H38N2O2/c1-22-10-4-8-14-25(22)26-15-9-7-13-24(26)21-29(28(33)30(2)3)16-18-31(19-17-29)27(32)20-23-11-5-6-12-23/h4,7-10,13-15,23H,5-6,11-12,16-21H2,1-3H3. The number of hydrogen-bond donors (Lipinski definition) is 0. The summed E-state index contributed by atoms with van der Waals surface area (Å²) in [5.74, 6) is 1.03. The van der Waals surface area contributed by atoms with Gasteiger partial charge in [0.2, 0.25) is 11.8 Å². The molecular formula is C29H38N2O2. The number of aryl methyl sites for hydroxylation is 1. The topological polar surface area (TPSA) is 40.6 Å². The first-order chi connectivity index (χ1) is 15.9. The van der Waals surface area contributed by atoms with E-state index < -0.39 is 5.41 Å². The Morgan fingerprint density at radius 3 is 2.18 bits per heavy atom. The van der Waals surface area contributed by atoms with Crippen molar-refractivity contribution in [1.82, 2.24) is 9.80 Å². The largest absolute Gasteiger partial charge is 0.348 e. The molecule has 1 aliphatic carbocycles. The zero-order valence-electron chi connectivity index (χ0n) is 20.5. The normalized spacial score (nSPS) is 18.3. The SMILES string of the molecule is Cc1ccccc1-c1ccccc1CC1(C(=O)N(C)C)CCN(C(=O)CC2CCCC2)CC1. The van der Waals surface area contributed by atoms with Crippen molar-refractivity contribution in [3.05, 3.63) is 59.7 Å². The molecule has 0 radical (unpaired) electrons. The van der Waals surface area contributed by atoms with Gasteiger partial charge in [-0.25, -0.2) is 0 Å². The predicted octanol–water partition coefficient (Wildman–Crippen LogP) is 5.48. The molecule has 0 unspecified atom stereocenters. The van der Waals surface area contributed by atoms with Crippen molar-refractivity contribution in [3.63, 3.8) is 0 Å². The molecule has 4 nitrogen and oxygen atoms in total. The van der Waals surface area contributed by atoms with Gasteiger partial charge in [-0.05, 0) is 67.2 Å². The van der Waals surface area contributed by atoms with Gasteiger partial charge in [0.05, 0.1) is 5.41 Å². The second-order valence-electron chi connectivity index (χ2n) is 10.4. The molecule has 2 fully saturated rings. The molecule has 1 heterocycles. The third kappa shape index (κ3) is 5.15. The average molecular weight is 447 g/mol. The lowest BCUT2D eigenvalue weighted by Gasteiger charge is -2.42. The molecule has 1 saturated heterocycles. The zero-order chi connectivity index (χ0) is 23.4. The minimum absolute atomic E-state index is 0.185. The molecule has 2 amide bonds. The lowest BCUT2D eigenvalue weighted by molar-refractivity contribution is -0.146. The lowest BCUT2D eigenvalue weighted by Crippen LogP contribution is -2.51. The third-order valence-corrected chi connectivity index (χ3v) is 7.85. The van der Waals surface area contributed by atoms with Crippen molar-refractivity contribution >= 4 is 11.8 Å². The third-order valence-electron chi connectivity index (χ3n) is 7.85. The van der Waals surface area contributed by atoms with Crippen LogP contribution in [0.4, 0.5) is 0 Å². The predicted molar refractivity (Wildman–Crippen MR) is 134 cm³/mol. The number of amides is 2. The minimum Gasteiger partial charge on any atom is -0.348 e. The van der Waals surface area contributed by atoms with E-state index >= 15 is 0 Å². The Hall–Kier alpha value is -2.62. The Bertz CT molecular complexity index is 983. The molecule has 1 aliphatic heterocycles. The smallest absolute Gasteiger partial charge is 0.228 e. The molecule has 1 saturated carbocycles. The Labute approximate surface area is 199 Å². The number of likely N-dealkylation sites (tertiary alicyclic amines) is 1. The molecule has 176 valence electrons. The summed E-state index contributed by atoms with van der Waals surface area (Å²) in [7, 11) is 3.71. The van der Waals surface area contributed by atoms with E-state index in [-0.39, 0.29) is 11.8 Å². The Balaban J connectivity index is 1.56. The summed E-state index contributed by atoms with van der Waals surface area (Å²) < 4.78 is 0. The molecule has 0 bridgehead atoms. The first-order valence-electron chi connectivity index (χ1n) is 12.5. The zero-order valence-corrected chi connectivity index (χ0v) is 20.5. The van der Waals surface area contributed by atoms with E-state index in [9.17, 15) is 9.59 Å². The molecule has 2 aliphatic rings. The van der Waals surface area contributed by atoms with Crippen LogP contribution in [0, 0.1) is 18.3 Å². The maximum atomic E-state index is 13.5. The summed E-state index contributed by atoms with van der Waals surface area (Å²) in [6.45, 7) is 3.50. The second kappa shape index (κ2) is 10.1. The van der Waals surface area contributed by atoms with Gasteiger partial charge >= 0.3 is 0 Å². The van der Waals surface area contributed by atoms with E-state index in [1.165, 1.54) is 47.9 Å². The first-order valence-corrected chi connectivity index (χ1v) is 12.5. The average Bonchev–Trinajstić information content (AvgIpc) is 3.33. The van der Waals surface area contributed by atoms with E-state index in [0.717, 1.165) is 12.8 Å². The number of carbonyl (C=O) groups is 2. The quantitative estimate of drug-likeness (QED) is 0.589. The highest BCUT2D eigenvalue weighted by Crippen LogP contribution is 2.40. The maximum absolute atomic E-state index is 13.5. The fraction of sp³-hybridized carbons (Fsp3) is 0.517. The first kappa shape index (κ1) is 23.5. The molecular weight excluding hydrogens is 408 g/mol. The number of piperidine rings is 1. The van der Waals surface area contributed by atoms with Gasteiger partial charge in [-0.1, -0.05) is 61.4 Å². The Morgan fingerprint density at radius 2 is 1.55 bits per heavy atom. The molecule has 4 heteroatoms. The number of hydrogen-bond acceptors (Lipinski definition) is 2. The van der Waals surface area contributed by atoms with Crippen LogP contribution >= 0.6 is 0 Å².